The molecule has 0 atom stereocenters. The van der Waals surface area contributed by atoms with Gasteiger partial charge in [0.25, 0.3) is 0 Å². The summed E-state index contributed by atoms with van der Waals surface area (Å²) in [7, 11) is 0. The molecule has 3 rings (SSSR count). The Hall–Kier alpha value is -2.00. The fourth-order valence-corrected chi connectivity index (χ4v) is 3.76. The van der Waals surface area contributed by atoms with Crippen molar-refractivity contribution in [3.63, 3.8) is 0 Å². The van der Waals surface area contributed by atoms with Gasteiger partial charge in [-0.2, -0.15) is 11.8 Å². The van der Waals surface area contributed by atoms with Gasteiger partial charge in [-0.05, 0) is 24.3 Å². The zero-order chi connectivity index (χ0) is 17.3. The topological polar surface area (TPSA) is 17.8 Å². The second-order valence-corrected chi connectivity index (χ2v) is 7.52. The summed E-state index contributed by atoms with van der Waals surface area (Å²) in [5.41, 5.74) is 4.72. The van der Waals surface area contributed by atoms with Gasteiger partial charge in [0, 0.05) is 17.7 Å². The Morgan fingerprint density at radius 2 is 1.52 bits per heavy atom. The van der Waals surface area contributed by atoms with Gasteiger partial charge in [0.1, 0.15) is 0 Å². The highest BCUT2D eigenvalue weighted by atomic mass is 32.2. The lowest BCUT2D eigenvalue weighted by Gasteiger charge is -2.11. The van der Waals surface area contributed by atoms with Crippen molar-refractivity contribution in [1.82, 2.24) is 9.55 Å². The summed E-state index contributed by atoms with van der Waals surface area (Å²) in [6.07, 6.45) is 5.79. The van der Waals surface area contributed by atoms with Crippen LogP contribution >= 0.6 is 11.8 Å². The van der Waals surface area contributed by atoms with Gasteiger partial charge < -0.3 is 4.57 Å². The third-order valence-electron chi connectivity index (χ3n) is 4.32. The molecule has 0 aliphatic carbocycles. The van der Waals surface area contributed by atoms with Crippen molar-refractivity contribution in [2.45, 2.75) is 32.7 Å². The van der Waals surface area contributed by atoms with E-state index in [1.54, 1.807) is 0 Å². The molecule has 0 fully saturated rings. The lowest BCUT2D eigenvalue weighted by molar-refractivity contribution is 0.608. The van der Waals surface area contributed by atoms with E-state index in [1.165, 1.54) is 47.6 Å². The van der Waals surface area contributed by atoms with Crippen LogP contribution in [-0.2, 0) is 6.54 Å². The molecule has 3 heteroatoms. The van der Waals surface area contributed by atoms with E-state index in [-0.39, 0.29) is 0 Å². The molecule has 0 saturated heterocycles. The monoisotopic (exact) mass is 350 g/mol. The van der Waals surface area contributed by atoms with Gasteiger partial charge in [0.15, 0.2) is 0 Å². The summed E-state index contributed by atoms with van der Waals surface area (Å²) < 4.78 is 2.32. The molecule has 0 N–H and O–H groups in total. The summed E-state index contributed by atoms with van der Waals surface area (Å²) in [4.78, 5) is 4.75. The molecule has 1 aromatic heterocycles. The molecule has 25 heavy (non-hydrogen) atoms. The molecule has 1 heterocycles. The molecule has 0 bridgehead atoms. The lowest BCUT2D eigenvalue weighted by Crippen LogP contribution is -2.00. The highest BCUT2D eigenvalue weighted by molar-refractivity contribution is 7.99. The Balaban J connectivity index is 1.80. The van der Waals surface area contributed by atoms with Crippen molar-refractivity contribution in [1.29, 1.82) is 0 Å². The number of nitrogens with zero attached hydrogens (tertiary/aromatic N) is 2. The van der Waals surface area contributed by atoms with Crippen LogP contribution in [0, 0.1) is 0 Å². The Morgan fingerprint density at radius 3 is 2.20 bits per heavy atom. The first-order chi connectivity index (χ1) is 12.4. The minimum atomic E-state index is 1.03. The van der Waals surface area contributed by atoms with E-state index in [0.717, 1.165) is 12.2 Å². The Morgan fingerprint density at radius 1 is 0.840 bits per heavy atom. The molecule has 0 unspecified atom stereocenters. The number of rotatable bonds is 9. The van der Waals surface area contributed by atoms with E-state index >= 15 is 0 Å². The van der Waals surface area contributed by atoms with Crippen LogP contribution < -0.4 is 0 Å². The fourth-order valence-electron chi connectivity index (χ4n) is 3.07. The number of thioether (sulfide) groups is 1. The molecule has 2 nitrogen and oxygen atoms in total. The molecular weight excluding hydrogens is 324 g/mol. The third-order valence-corrected chi connectivity index (χ3v) is 5.31. The molecule has 0 amide bonds. The van der Waals surface area contributed by atoms with E-state index in [1.807, 2.05) is 18.1 Å². The normalized spacial score (nSPS) is 10.9. The zero-order valence-electron chi connectivity index (χ0n) is 14.9. The largest absolute Gasteiger partial charge is 0.330 e. The van der Waals surface area contributed by atoms with Crippen LogP contribution in [0.1, 0.15) is 26.2 Å². The fraction of sp³-hybridized carbons (Fsp3) is 0.318. The first kappa shape index (κ1) is 17.8. The van der Waals surface area contributed by atoms with Crippen LogP contribution in [0.2, 0.25) is 0 Å². The van der Waals surface area contributed by atoms with Gasteiger partial charge in [-0.3, -0.25) is 0 Å². The predicted molar refractivity (Wildman–Crippen MR) is 110 cm³/mol. The molecule has 0 aliphatic rings. The Labute approximate surface area is 155 Å². The second kappa shape index (κ2) is 9.47. The van der Waals surface area contributed by atoms with Gasteiger partial charge in [0.2, 0.25) is 0 Å². The number of benzene rings is 2. The predicted octanol–water partition coefficient (Wildman–Crippen LogP) is 6.14. The number of aryl methyl sites for hydroxylation is 1. The number of aromatic nitrogens is 2. The van der Waals surface area contributed by atoms with E-state index in [0.29, 0.717) is 0 Å². The van der Waals surface area contributed by atoms with Crippen molar-refractivity contribution >= 4 is 11.8 Å². The van der Waals surface area contributed by atoms with E-state index < -0.39 is 0 Å². The molecule has 0 saturated carbocycles. The van der Waals surface area contributed by atoms with Gasteiger partial charge in [0.05, 0.1) is 17.7 Å². The standard InChI is InChI=1S/C22H26N2S/c1-2-25-17-11-5-10-16-24-18-23-21(19-12-6-3-7-13-19)22(24)20-14-8-4-9-15-20/h3-4,6-9,12-15,18H,2,5,10-11,16-17H2,1H3. The van der Waals surface area contributed by atoms with Crippen LogP contribution in [0.25, 0.3) is 22.5 Å². The molecule has 0 radical (unpaired) electrons. The van der Waals surface area contributed by atoms with Gasteiger partial charge in [-0.25, -0.2) is 4.98 Å². The van der Waals surface area contributed by atoms with Crippen LogP contribution in [0.3, 0.4) is 0 Å². The summed E-state index contributed by atoms with van der Waals surface area (Å²) in [5.74, 6) is 2.50. The minimum absolute atomic E-state index is 1.03. The van der Waals surface area contributed by atoms with Crippen molar-refractivity contribution in [2.24, 2.45) is 0 Å². The quantitative estimate of drug-likeness (QED) is 0.431. The lowest BCUT2D eigenvalue weighted by atomic mass is 10.0. The smallest absolute Gasteiger partial charge is 0.0963 e. The zero-order valence-corrected chi connectivity index (χ0v) is 15.7. The number of hydrogen-bond donors (Lipinski definition) is 0. The number of hydrogen-bond acceptors (Lipinski definition) is 2. The van der Waals surface area contributed by atoms with E-state index in [2.05, 4.69) is 72.2 Å². The van der Waals surface area contributed by atoms with E-state index in [4.69, 9.17) is 4.98 Å². The van der Waals surface area contributed by atoms with Crippen LogP contribution in [0.4, 0.5) is 0 Å². The van der Waals surface area contributed by atoms with Crippen LogP contribution in [-0.4, -0.2) is 21.1 Å². The molecule has 0 spiro atoms. The van der Waals surface area contributed by atoms with Gasteiger partial charge in [-0.15, -0.1) is 0 Å². The average Bonchev–Trinajstić information content (AvgIpc) is 3.10. The summed E-state index contributed by atoms with van der Waals surface area (Å²) in [6.45, 7) is 3.26. The van der Waals surface area contributed by atoms with Crippen LogP contribution in [0.15, 0.2) is 67.0 Å². The Bertz CT molecular complexity index is 750. The SMILES string of the molecule is CCSCCCCCn1cnc(-c2ccccc2)c1-c1ccccc1. The van der Waals surface area contributed by atoms with Gasteiger partial charge >= 0.3 is 0 Å². The number of imidazole rings is 1. The second-order valence-electron chi connectivity index (χ2n) is 6.12. The highest BCUT2D eigenvalue weighted by Gasteiger charge is 2.14. The van der Waals surface area contributed by atoms with Crippen molar-refractivity contribution in [3.05, 3.63) is 67.0 Å². The molecular formula is C22H26N2S. The maximum Gasteiger partial charge on any atom is 0.0963 e. The molecule has 0 aliphatic heterocycles. The molecule has 3 aromatic rings. The van der Waals surface area contributed by atoms with E-state index in [9.17, 15) is 0 Å². The maximum atomic E-state index is 4.75. The average molecular weight is 351 g/mol. The third kappa shape index (κ3) is 4.76. The van der Waals surface area contributed by atoms with Crippen molar-refractivity contribution < 1.29 is 0 Å². The van der Waals surface area contributed by atoms with Gasteiger partial charge in [-0.1, -0.05) is 74.0 Å². The molecule has 2 aromatic carbocycles. The Kier molecular flexibility index (Phi) is 6.75. The van der Waals surface area contributed by atoms with Crippen molar-refractivity contribution in [2.75, 3.05) is 11.5 Å². The maximum absolute atomic E-state index is 4.75. The first-order valence-electron chi connectivity index (χ1n) is 9.14. The highest BCUT2D eigenvalue weighted by Crippen LogP contribution is 2.31. The van der Waals surface area contributed by atoms with Crippen LogP contribution in [0.5, 0.6) is 0 Å². The number of unbranched alkanes of at least 4 members (excludes halogenated alkanes) is 2. The molecule has 130 valence electrons. The summed E-state index contributed by atoms with van der Waals surface area (Å²) in [6, 6.07) is 21.1. The minimum Gasteiger partial charge on any atom is -0.330 e. The summed E-state index contributed by atoms with van der Waals surface area (Å²) >= 11 is 2.04. The van der Waals surface area contributed by atoms with Crippen molar-refractivity contribution in [3.8, 4) is 22.5 Å². The summed E-state index contributed by atoms with van der Waals surface area (Å²) in [5, 5.41) is 0. The first-order valence-corrected chi connectivity index (χ1v) is 10.3.